The van der Waals surface area contributed by atoms with Crippen molar-refractivity contribution >= 4 is 12.1 Å². The first-order chi connectivity index (χ1) is 12.3. The highest BCUT2D eigenvalue weighted by atomic mass is 16.6. The van der Waals surface area contributed by atoms with E-state index >= 15 is 0 Å². The third-order valence-corrected chi connectivity index (χ3v) is 3.18. The number of alkyl carbamates (subject to hydrolysis) is 1. The summed E-state index contributed by atoms with van der Waals surface area (Å²) in [5, 5.41) is 5.93. The van der Waals surface area contributed by atoms with Crippen molar-refractivity contribution in [3.8, 4) is 5.75 Å². The fourth-order valence-electron chi connectivity index (χ4n) is 2.03. The lowest BCUT2D eigenvalue weighted by Crippen LogP contribution is -2.41. The van der Waals surface area contributed by atoms with Gasteiger partial charge in [0.1, 0.15) is 18.0 Å². The van der Waals surface area contributed by atoms with Crippen LogP contribution in [0, 0.1) is 0 Å². The SMILES string of the molecule is CCNC(=NCCNC(=O)OC(C)(C)C)N(C)CCOc1ccccc1. The van der Waals surface area contributed by atoms with Gasteiger partial charge >= 0.3 is 6.09 Å². The van der Waals surface area contributed by atoms with Gasteiger partial charge in [-0.1, -0.05) is 18.2 Å². The number of hydrogen-bond donors (Lipinski definition) is 2. The Bertz CT molecular complexity index is 556. The summed E-state index contributed by atoms with van der Waals surface area (Å²) in [5.41, 5.74) is -0.499. The third-order valence-electron chi connectivity index (χ3n) is 3.18. The van der Waals surface area contributed by atoms with E-state index in [0.717, 1.165) is 18.3 Å². The Hall–Kier alpha value is -2.44. The van der Waals surface area contributed by atoms with Gasteiger partial charge in [-0.3, -0.25) is 4.99 Å². The predicted octanol–water partition coefficient (Wildman–Crippen LogP) is 2.49. The molecule has 0 spiro atoms. The molecule has 0 aliphatic carbocycles. The number of nitrogens with one attached hydrogen (secondary N) is 2. The van der Waals surface area contributed by atoms with Crippen LogP contribution in [-0.4, -0.2) is 62.4 Å². The van der Waals surface area contributed by atoms with Crippen LogP contribution in [0.15, 0.2) is 35.3 Å². The fraction of sp³-hybridized carbons (Fsp3) is 0.579. The van der Waals surface area contributed by atoms with Crippen LogP contribution in [-0.2, 0) is 4.74 Å². The number of aliphatic imine (C=N–C) groups is 1. The van der Waals surface area contributed by atoms with Crippen molar-refractivity contribution in [3.05, 3.63) is 30.3 Å². The fourth-order valence-corrected chi connectivity index (χ4v) is 2.03. The minimum absolute atomic E-state index is 0.415. The predicted molar refractivity (Wildman–Crippen MR) is 105 cm³/mol. The second-order valence-corrected chi connectivity index (χ2v) is 6.75. The summed E-state index contributed by atoms with van der Waals surface area (Å²) in [4.78, 5) is 18.1. The number of rotatable bonds is 8. The van der Waals surface area contributed by atoms with Crippen LogP contribution >= 0.6 is 0 Å². The first kappa shape index (κ1) is 21.6. The number of nitrogens with zero attached hydrogens (tertiary/aromatic N) is 2. The van der Waals surface area contributed by atoms with E-state index in [0.29, 0.717) is 26.2 Å². The first-order valence-corrected chi connectivity index (χ1v) is 8.96. The number of carbonyl (C=O) groups excluding carboxylic acids is 1. The monoisotopic (exact) mass is 364 g/mol. The molecule has 0 heterocycles. The second-order valence-electron chi connectivity index (χ2n) is 6.75. The Morgan fingerprint density at radius 3 is 2.50 bits per heavy atom. The van der Waals surface area contributed by atoms with Crippen molar-refractivity contribution in [2.75, 3.05) is 39.8 Å². The van der Waals surface area contributed by atoms with Crippen LogP contribution in [0.2, 0.25) is 0 Å². The van der Waals surface area contributed by atoms with Gasteiger partial charge in [-0.05, 0) is 39.8 Å². The minimum Gasteiger partial charge on any atom is -0.492 e. The van der Waals surface area contributed by atoms with Crippen LogP contribution < -0.4 is 15.4 Å². The summed E-state index contributed by atoms with van der Waals surface area (Å²) >= 11 is 0. The molecule has 0 bridgehead atoms. The number of para-hydroxylation sites is 1. The summed E-state index contributed by atoms with van der Waals surface area (Å²) in [7, 11) is 1.96. The first-order valence-electron chi connectivity index (χ1n) is 8.96. The molecule has 26 heavy (non-hydrogen) atoms. The van der Waals surface area contributed by atoms with Gasteiger partial charge < -0.3 is 25.0 Å². The van der Waals surface area contributed by atoms with Crippen LogP contribution in [0.4, 0.5) is 4.79 Å². The summed E-state index contributed by atoms with van der Waals surface area (Å²) in [6, 6.07) is 9.72. The van der Waals surface area contributed by atoms with Crippen molar-refractivity contribution in [3.63, 3.8) is 0 Å². The Morgan fingerprint density at radius 2 is 1.88 bits per heavy atom. The summed E-state index contributed by atoms with van der Waals surface area (Å²) in [6.45, 7) is 10.4. The topological polar surface area (TPSA) is 75.2 Å². The molecular weight excluding hydrogens is 332 g/mol. The molecule has 1 rings (SSSR count). The number of ether oxygens (including phenoxy) is 2. The van der Waals surface area contributed by atoms with Crippen LogP contribution in [0.5, 0.6) is 5.75 Å². The average Bonchev–Trinajstić information content (AvgIpc) is 2.57. The van der Waals surface area contributed by atoms with Gasteiger partial charge in [-0.15, -0.1) is 0 Å². The Balaban J connectivity index is 2.37. The van der Waals surface area contributed by atoms with Crippen molar-refractivity contribution < 1.29 is 14.3 Å². The van der Waals surface area contributed by atoms with E-state index in [-0.39, 0.29) is 0 Å². The van der Waals surface area contributed by atoms with E-state index in [2.05, 4.69) is 15.6 Å². The van der Waals surface area contributed by atoms with E-state index in [1.807, 2.05) is 70.0 Å². The van der Waals surface area contributed by atoms with Gasteiger partial charge in [0, 0.05) is 20.1 Å². The molecule has 1 aromatic carbocycles. The van der Waals surface area contributed by atoms with E-state index < -0.39 is 11.7 Å². The number of carbonyl (C=O) groups is 1. The molecule has 0 unspecified atom stereocenters. The molecular formula is C19H32N4O3. The van der Waals surface area contributed by atoms with Crippen LogP contribution in [0.1, 0.15) is 27.7 Å². The van der Waals surface area contributed by atoms with Crippen molar-refractivity contribution in [1.29, 1.82) is 0 Å². The van der Waals surface area contributed by atoms with Gasteiger partial charge in [0.15, 0.2) is 5.96 Å². The normalized spacial score (nSPS) is 11.7. The maximum absolute atomic E-state index is 11.6. The highest BCUT2D eigenvalue weighted by Crippen LogP contribution is 2.08. The molecule has 146 valence electrons. The highest BCUT2D eigenvalue weighted by molar-refractivity contribution is 5.79. The van der Waals surface area contributed by atoms with E-state index in [9.17, 15) is 4.79 Å². The van der Waals surface area contributed by atoms with Crippen molar-refractivity contribution in [1.82, 2.24) is 15.5 Å². The largest absolute Gasteiger partial charge is 0.492 e. The minimum atomic E-state index is -0.499. The molecule has 0 aliphatic heterocycles. The molecule has 0 aliphatic rings. The molecule has 7 nitrogen and oxygen atoms in total. The molecule has 0 radical (unpaired) electrons. The number of amides is 1. The molecule has 1 amide bonds. The maximum Gasteiger partial charge on any atom is 0.407 e. The van der Waals surface area contributed by atoms with Gasteiger partial charge in [0.25, 0.3) is 0 Å². The van der Waals surface area contributed by atoms with Crippen LogP contribution in [0.3, 0.4) is 0 Å². The third kappa shape index (κ3) is 9.76. The zero-order chi connectivity index (χ0) is 19.4. The zero-order valence-electron chi connectivity index (χ0n) is 16.5. The summed E-state index contributed by atoms with van der Waals surface area (Å²) < 4.78 is 10.9. The molecule has 7 heteroatoms. The average molecular weight is 364 g/mol. The maximum atomic E-state index is 11.6. The summed E-state index contributed by atoms with van der Waals surface area (Å²) in [6.07, 6.45) is -0.428. The van der Waals surface area contributed by atoms with Gasteiger partial charge in [-0.2, -0.15) is 0 Å². The molecule has 0 fully saturated rings. The van der Waals surface area contributed by atoms with Gasteiger partial charge in [-0.25, -0.2) is 4.79 Å². The lowest BCUT2D eigenvalue weighted by atomic mass is 10.2. The van der Waals surface area contributed by atoms with E-state index in [1.54, 1.807) is 0 Å². The van der Waals surface area contributed by atoms with E-state index in [4.69, 9.17) is 9.47 Å². The van der Waals surface area contributed by atoms with Gasteiger partial charge in [0.05, 0.1) is 13.1 Å². The number of guanidine groups is 1. The molecule has 0 atom stereocenters. The highest BCUT2D eigenvalue weighted by Gasteiger charge is 2.15. The smallest absolute Gasteiger partial charge is 0.407 e. The van der Waals surface area contributed by atoms with Crippen molar-refractivity contribution in [2.45, 2.75) is 33.3 Å². The van der Waals surface area contributed by atoms with Gasteiger partial charge in [0.2, 0.25) is 0 Å². The van der Waals surface area contributed by atoms with E-state index in [1.165, 1.54) is 0 Å². The zero-order valence-corrected chi connectivity index (χ0v) is 16.5. The molecule has 2 N–H and O–H groups in total. The lowest BCUT2D eigenvalue weighted by Gasteiger charge is -2.22. The van der Waals surface area contributed by atoms with Crippen molar-refractivity contribution in [2.24, 2.45) is 4.99 Å². The molecule has 0 aromatic heterocycles. The van der Waals surface area contributed by atoms with Crippen LogP contribution in [0.25, 0.3) is 0 Å². The lowest BCUT2D eigenvalue weighted by molar-refractivity contribution is 0.0529. The molecule has 1 aromatic rings. The number of hydrogen-bond acceptors (Lipinski definition) is 4. The Labute approximate surface area is 156 Å². The number of benzene rings is 1. The summed E-state index contributed by atoms with van der Waals surface area (Å²) in [5.74, 6) is 1.62. The standard InChI is InChI=1S/C19H32N4O3/c1-6-20-17(21-12-13-22-18(24)26-19(2,3)4)23(5)14-15-25-16-10-8-7-9-11-16/h7-11H,6,12-15H2,1-5H3,(H,20,21)(H,22,24). The second kappa shape index (κ2) is 11.2. The molecule has 0 saturated heterocycles. The Morgan fingerprint density at radius 1 is 1.19 bits per heavy atom. The molecule has 0 saturated carbocycles. The quantitative estimate of drug-likeness (QED) is 0.421. The number of likely N-dealkylation sites (N-methyl/N-ethyl adjacent to an activating group) is 1. The Kier molecular flexibility index (Phi) is 9.33.